The summed E-state index contributed by atoms with van der Waals surface area (Å²) >= 11 is 0. The van der Waals surface area contributed by atoms with E-state index in [0.29, 0.717) is 24.6 Å². The summed E-state index contributed by atoms with van der Waals surface area (Å²) < 4.78 is 1.10. The quantitative estimate of drug-likeness (QED) is 0.894. The third kappa shape index (κ3) is 3.03. The highest BCUT2D eigenvalue weighted by atomic mass is 16.2. The zero-order valence-electron chi connectivity index (χ0n) is 11.9. The van der Waals surface area contributed by atoms with Crippen LogP contribution in [-0.4, -0.2) is 33.8 Å². The molecule has 0 aromatic carbocycles. The molecule has 1 aromatic heterocycles. The largest absolute Gasteiger partial charge is 0.346 e. The number of H-pyrrole nitrogens is 1. The highest BCUT2D eigenvalue weighted by Crippen LogP contribution is 2.08. The van der Waals surface area contributed by atoms with Gasteiger partial charge in [0.05, 0.1) is 0 Å². The van der Waals surface area contributed by atoms with Crippen LogP contribution in [0.3, 0.4) is 0 Å². The lowest BCUT2D eigenvalue weighted by Crippen LogP contribution is -2.41. The van der Waals surface area contributed by atoms with Gasteiger partial charge >= 0.3 is 6.03 Å². The maximum atomic E-state index is 12.2. The van der Waals surface area contributed by atoms with Crippen LogP contribution in [0.15, 0.2) is 11.0 Å². The van der Waals surface area contributed by atoms with E-state index in [4.69, 9.17) is 0 Å². The Hall–Kier alpha value is -1.52. The van der Waals surface area contributed by atoms with Gasteiger partial charge in [0.2, 0.25) is 0 Å². The number of carbonyl (C=O) groups is 1. The summed E-state index contributed by atoms with van der Waals surface area (Å²) in [5.41, 5.74) is 0.404. The number of carbonyl (C=O) groups excluding carboxylic acids is 1. The summed E-state index contributed by atoms with van der Waals surface area (Å²) in [5, 5.41) is 2.76. The van der Waals surface area contributed by atoms with E-state index in [1.54, 1.807) is 11.1 Å². The fourth-order valence-electron chi connectivity index (χ4n) is 1.86. The lowest BCUT2D eigenvalue weighted by Gasteiger charge is -2.22. The molecule has 0 unspecified atom stereocenters. The van der Waals surface area contributed by atoms with Crippen molar-refractivity contribution in [1.82, 2.24) is 14.7 Å². The number of rotatable bonds is 4. The minimum absolute atomic E-state index is 0.114. The molecule has 1 N–H and O–H groups in total. The summed E-state index contributed by atoms with van der Waals surface area (Å²) in [6.45, 7) is 11.1. The molecule has 1 amide bonds. The first-order chi connectivity index (χ1) is 8.38. The van der Waals surface area contributed by atoms with Crippen molar-refractivity contribution in [2.75, 3.05) is 13.1 Å². The molecule has 0 aliphatic heterocycles. The van der Waals surface area contributed by atoms with Crippen LogP contribution < -0.4 is 5.56 Å². The van der Waals surface area contributed by atoms with Crippen LogP contribution in [0, 0.1) is 5.92 Å². The number of nitrogens with zero attached hydrogens (tertiary/aromatic N) is 2. The fraction of sp³-hybridized carbons (Fsp3) is 0.692. The molecule has 102 valence electrons. The van der Waals surface area contributed by atoms with Crippen LogP contribution in [0.4, 0.5) is 4.79 Å². The molecule has 5 nitrogen and oxygen atoms in total. The van der Waals surface area contributed by atoms with E-state index in [-0.39, 0.29) is 17.5 Å². The fourth-order valence-corrected chi connectivity index (χ4v) is 1.86. The molecule has 0 aliphatic rings. The van der Waals surface area contributed by atoms with Gasteiger partial charge in [0, 0.05) is 24.8 Å². The normalized spacial score (nSPS) is 11.3. The SMILES string of the molecule is CCN(CC(C)C)C(=O)n1[nH]cc(C(C)C)c1=O. The third-order valence-electron chi connectivity index (χ3n) is 2.85. The molecule has 1 rings (SSSR count). The first-order valence-electron chi connectivity index (χ1n) is 6.48. The molecule has 0 radical (unpaired) electrons. The van der Waals surface area contributed by atoms with E-state index in [2.05, 4.69) is 5.10 Å². The second kappa shape index (κ2) is 5.89. The van der Waals surface area contributed by atoms with Crippen molar-refractivity contribution in [2.24, 2.45) is 5.92 Å². The van der Waals surface area contributed by atoms with Crippen LogP contribution in [0.1, 0.15) is 46.1 Å². The maximum Gasteiger partial charge on any atom is 0.346 e. The zero-order chi connectivity index (χ0) is 13.9. The third-order valence-corrected chi connectivity index (χ3v) is 2.85. The van der Waals surface area contributed by atoms with Gasteiger partial charge in [-0.05, 0) is 18.8 Å². The second-order valence-electron chi connectivity index (χ2n) is 5.24. The van der Waals surface area contributed by atoms with Crippen molar-refractivity contribution in [3.8, 4) is 0 Å². The molecule has 0 atom stereocenters. The average Bonchev–Trinajstić information content (AvgIpc) is 2.66. The van der Waals surface area contributed by atoms with Crippen LogP contribution in [-0.2, 0) is 0 Å². The lowest BCUT2D eigenvalue weighted by atomic mass is 10.1. The summed E-state index contributed by atoms with van der Waals surface area (Å²) in [7, 11) is 0. The Morgan fingerprint density at radius 2 is 2.00 bits per heavy atom. The molecule has 0 fully saturated rings. The van der Waals surface area contributed by atoms with E-state index >= 15 is 0 Å². The van der Waals surface area contributed by atoms with Crippen LogP contribution >= 0.6 is 0 Å². The summed E-state index contributed by atoms with van der Waals surface area (Å²) in [6, 6.07) is -0.275. The Balaban J connectivity index is 2.99. The van der Waals surface area contributed by atoms with Crippen LogP contribution in [0.2, 0.25) is 0 Å². The van der Waals surface area contributed by atoms with Gasteiger partial charge in [0.25, 0.3) is 5.56 Å². The van der Waals surface area contributed by atoms with Crippen molar-refractivity contribution < 1.29 is 4.79 Å². The Morgan fingerprint density at radius 3 is 2.39 bits per heavy atom. The first kappa shape index (κ1) is 14.5. The molecule has 0 aliphatic carbocycles. The maximum absolute atomic E-state index is 12.2. The van der Waals surface area contributed by atoms with Crippen molar-refractivity contribution in [1.29, 1.82) is 0 Å². The minimum Gasteiger partial charge on any atom is -0.323 e. The van der Waals surface area contributed by atoms with Gasteiger partial charge in [0.15, 0.2) is 0 Å². The monoisotopic (exact) mass is 253 g/mol. The van der Waals surface area contributed by atoms with E-state index in [0.717, 1.165) is 4.68 Å². The van der Waals surface area contributed by atoms with Crippen LogP contribution in [0.25, 0.3) is 0 Å². The van der Waals surface area contributed by atoms with E-state index in [9.17, 15) is 9.59 Å². The minimum atomic E-state index is -0.275. The molecule has 0 spiro atoms. The molecular weight excluding hydrogens is 230 g/mol. The molecular formula is C13H23N3O2. The zero-order valence-corrected chi connectivity index (χ0v) is 11.9. The highest BCUT2D eigenvalue weighted by molar-refractivity contribution is 5.76. The molecule has 5 heteroatoms. The smallest absolute Gasteiger partial charge is 0.323 e. The summed E-state index contributed by atoms with van der Waals surface area (Å²) in [6.07, 6.45) is 1.62. The topological polar surface area (TPSA) is 58.1 Å². The van der Waals surface area contributed by atoms with Gasteiger partial charge in [-0.2, -0.15) is 4.68 Å². The average molecular weight is 253 g/mol. The van der Waals surface area contributed by atoms with Gasteiger partial charge in [-0.15, -0.1) is 0 Å². The Bertz CT molecular complexity index is 457. The van der Waals surface area contributed by atoms with Crippen LogP contribution in [0.5, 0.6) is 0 Å². The molecule has 0 saturated carbocycles. The lowest BCUT2D eigenvalue weighted by molar-refractivity contribution is 0.191. The van der Waals surface area contributed by atoms with E-state index in [1.807, 2.05) is 34.6 Å². The van der Waals surface area contributed by atoms with Crippen molar-refractivity contribution in [3.05, 3.63) is 22.1 Å². The Kier molecular flexibility index (Phi) is 4.76. The molecule has 18 heavy (non-hydrogen) atoms. The highest BCUT2D eigenvalue weighted by Gasteiger charge is 2.19. The van der Waals surface area contributed by atoms with E-state index < -0.39 is 0 Å². The standard InChI is InChI=1S/C13H23N3O2/c1-6-15(8-9(2)3)13(18)16-12(17)11(7-14-16)10(4)5/h7,9-10,14H,6,8H2,1-5H3. The van der Waals surface area contributed by atoms with Crippen molar-refractivity contribution in [3.63, 3.8) is 0 Å². The number of aromatic nitrogens is 2. The van der Waals surface area contributed by atoms with Gasteiger partial charge in [-0.25, -0.2) is 4.79 Å². The molecule has 1 aromatic rings. The predicted octanol–water partition coefficient (Wildman–Crippen LogP) is 2.25. The van der Waals surface area contributed by atoms with Gasteiger partial charge in [-0.1, -0.05) is 27.7 Å². The second-order valence-corrected chi connectivity index (χ2v) is 5.24. The predicted molar refractivity (Wildman–Crippen MR) is 72.0 cm³/mol. The summed E-state index contributed by atoms with van der Waals surface area (Å²) in [4.78, 5) is 25.9. The molecule has 0 saturated heterocycles. The van der Waals surface area contributed by atoms with Gasteiger partial charge < -0.3 is 4.90 Å². The molecule has 1 heterocycles. The number of nitrogens with one attached hydrogen (secondary N) is 1. The number of hydrogen-bond acceptors (Lipinski definition) is 2. The Morgan fingerprint density at radius 1 is 1.39 bits per heavy atom. The van der Waals surface area contributed by atoms with Gasteiger partial charge in [-0.3, -0.25) is 9.89 Å². The Labute approximate surface area is 108 Å². The van der Waals surface area contributed by atoms with E-state index in [1.165, 1.54) is 0 Å². The molecule has 0 bridgehead atoms. The number of hydrogen-bond donors (Lipinski definition) is 1. The number of aromatic amines is 1. The van der Waals surface area contributed by atoms with Crippen molar-refractivity contribution >= 4 is 6.03 Å². The van der Waals surface area contributed by atoms with Gasteiger partial charge in [0.1, 0.15) is 0 Å². The number of amides is 1. The van der Waals surface area contributed by atoms with Crippen molar-refractivity contribution in [2.45, 2.75) is 40.5 Å². The summed E-state index contributed by atoms with van der Waals surface area (Å²) in [5.74, 6) is 0.493. The first-order valence-corrected chi connectivity index (χ1v) is 6.48.